The van der Waals surface area contributed by atoms with Crippen LogP contribution in [0.3, 0.4) is 0 Å². The van der Waals surface area contributed by atoms with E-state index in [-0.39, 0.29) is 0 Å². The van der Waals surface area contributed by atoms with E-state index >= 15 is 0 Å². The Morgan fingerprint density at radius 3 is 0.844 bits per heavy atom. The van der Waals surface area contributed by atoms with E-state index in [4.69, 9.17) is 0 Å². The summed E-state index contributed by atoms with van der Waals surface area (Å²) in [5.74, 6) is -37.5. The fourth-order valence-corrected chi connectivity index (χ4v) is 2.21. The molecule has 0 radical (unpaired) electrons. The van der Waals surface area contributed by atoms with Gasteiger partial charge in [-0.05, 0) is 0 Å². The molecule has 0 atom stereocenters. The van der Waals surface area contributed by atoms with Crippen LogP contribution in [0.2, 0.25) is 0 Å². The minimum Gasteiger partial charge on any atom is -0.485 e. The third-order valence-electron chi connectivity index (χ3n) is 3.53. The zero-order chi connectivity index (χ0) is 26.8. The van der Waals surface area contributed by atoms with Crippen LogP contribution in [0.15, 0.2) is 0 Å². The van der Waals surface area contributed by atoms with E-state index in [1.54, 1.807) is 0 Å². The number of carboxylic acid groups (broad SMARTS) is 1. The van der Waals surface area contributed by atoms with Gasteiger partial charge in [0.1, 0.15) is 0 Å². The van der Waals surface area contributed by atoms with Crippen molar-refractivity contribution in [2.75, 3.05) is 0 Å². The summed E-state index contributed by atoms with van der Waals surface area (Å²) in [7, 11) is 0. The first kappa shape index (κ1) is 29.9. The third kappa shape index (κ3) is 3.61. The smallest absolute Gasteiger partial charge is 0.454 e. The zero-order valence-electron chi connectivity index (χ0n) is 13.4. The average Bonchev–Trinajstić information content (AvgIpc) is 2.40. The molecule has 0 saturated carbocycles. The maximum absolute atomic E-state index is 13.9. The summed E-state index contributed by atoms with van der Waals surface area (Å²) >= 11 is 0. The molecule has 0 aromatic carbocycles. The van der Waals surface area contributed by atoms with Crippen LogP contribution in [-0.4, -0.2) is 54.5 Å². The maximum atomic E-state index is 13.9. The van der Waals surface area contributed by atoms with Gasteiger partial charge < -0.3 is 14.6 Å². The van der Waals surface area contributed by atoms with Crippen LogP contribution in [0.4, 0.5) is 88.2 Å². The third-order valence-corrected chi connectivity index (χ3v) is 3.53. The highest BCUT2D eigenvalue weighted by Crippen LogP contribution is 2.75. The molecule has 22 heteroatoms. The van der Waals surface area contributed by atoms with Gasteiger partial charge in [-0.15, -0.1) is 0 Å². The van der Waals surface area contributed by atoms with E-state index in [0.717, 1.165) is 0 Å². The largest absolute Gasteiger partial charge is 0.485 e. The number of carbonyl (C=O) groups is 1. The second kappa shape index (κ2) is 7.22. The van der Waals surface area contributed by atoms with E-state index in [1.807, 2.05) is 0 Å². The molecule has 192 valence electrons. The Kier molecular flexibility index (Phi) is 6.75. The predicted octanol–water partition coefficient (Wildman–Crippen LogP) is 5.15. The topological polar surface area (TPSA) is 49.4 Å². The summed E-state index contributed by atoms with van der Waals surface area (Å²) in [6.07, 6.45) is -38.6. The number of hydrogen-bond acceptors (Lipinski definition) is 3. The molecule has 0 bridgehead atoms. The highest BCUT2D eigenvalue weighted by atomic mass is 19.4. The molecule has 0 unspecified atom stereocenters. The number of rotatable bonds is 6. The van der Waals surface area contributed by atoms with Crippen LogP contribution in [0.1, 0.15) is 0 Å². The molecule has 0 N–H and O–H groups in total. The molecule has 0 aliphatic heterocycles. The van der Waals surface area contributed by atoms with E-state index in [9.17, 15) is 93.3 Å². The first-order valence-electron chi connectivity index (χ1n) is 6.41. The first-order valence-corrected chi connectivity index (χ1v) is 6.41. The van der Waals surface area contributed by atoms with Gasteiger partial charge in [-0.25, -0.2) is 0 Å². The summed E-state index contributed by atoms with van der Waals surface area (Å²) in [6, 6.07) is 0. The van der Waals surface area contributed by atoms with E-state index in [1.165, 1.54) is 4.74 Å². The Morgan fingerprint density at radius 2 is 0.688 bits per heavy atom. The maximum Gasteiger partial charge on any atom is 0.454 e. The van der Waals surface area contributed by atoms with Crippen molar-refractivity contribution in [1.82, 2.24) is 0 Å². The lowest BCUT2D eigenvalue weighted by Crippen LogP contribution is -2.83. The van der Waals surface area contributed by atoms with Crippen molar-refractivity contribution >= 4 is 6.16 Å². The number of ether oxygens (including phenoxy) is 1. The Bertz CT molecular complexity index is 646. The number of halogens is 19. The Morgan fingerprint density at radius 1 is 0.469 bits per heavy atom. The Labute approximate surface area is 159 Å². The molecule has 0 aromatic rings. The average molecular weight is 529 g/mol. The standard InChI is InChI=1S/C10HF19O3/c11-3(12,7(19,20)21)2(4(13,14)8(22,23)24,5(15,16)9(25,26)27)6(17,18)10(28,29)32-1(30)31/h(H,30,31)/p-1. The van der Waals surface area contributed by atoms with Crippen molar-refractivity contribution in [3.05, 3.63) is 0 Å². The lowest BCUT2D eigenvalue weighted by molar-refractivity contribution is -0.538. The monoisotopic (exact) mass is 529 g/mol. The molecule has 0 aliphatic carbocycles. The molecule has 32 heavy (non-hydrogen) atoms. The molecule has 0 aromatic heterocycles. The van der Waals surface area contributed by atoms with Crippen LogP contribution in [0.5, 0.6) is 0 Å². The van der Waals surface area contributed by atoms with Gasteiger partial charge in [-0.2, -0.15) is 83.4 Å². The molecule has 0 fully saturated rings. The summed E-state index contributed by atoms with van der Waals surface area (Å²) < 4.78 is 249. The van der Waals surface area contributed by atoms with E-state index in [0.29, 0.717) is 0 Å². The minimum absolute atomic E-state index is 1.45. The van der Waals surface area contributed by atoms with Crippen molar-refractivity contribution in [2.24, 2.45) is 5.41 Å². The van der Waals surface area contributed by atoms with Crippen molar-refractivity contribution in [3.8, 4) is 0 Å². The summed E-state index contributed by atoms with van der Waals surface area (Å²) in [4.78, 5) is 9.75. The van der Waals surface area contributed by atoms with Crippen LogP contribution in [-0.2, 0) is 4.74 Å². The number of alkyl halides is 19. The molecule has 0 amide bonds. The lowest BCUT2D eigenvalue weighted by atomic mass is 9.63. The second-order valence-corrected chi connectivity index (χ2v) is 5.41. The highest BCUT2D eigenvalue weighted by molar-refractivity contribution is 5.54. The zero-order valence-corrected chi connectivity index (χ0v) is 13.4. The Hall–Kier alpha value is -2.06. The second-order valence-electron chi connectivity index (χ2n) is 5.41. The van der Waals surface area contributed by atoms with Crippen LogP contribution in [0, 0.1) is 5.41 Å². The molecule has 0 spiro atoms. The molecule has 0 aliphatic rings. The van der Waals surface area contributed by atoms with Gasteiger partial charge in [0.25, 0.3) is 11.6 Å². The number of carbonyl (C=O) groups excluding carboxylic acids is 1. The van der Waals surface area contributed by atoms with Crippen LogP contribution >= 0.6 is 0 Å². The quantitative estimate of drug-likeness (QED) is 0.354. The molecular weight excluding hydrogens is 529 g/mol. The normalized spacial score (nSPS) is 16.2. The Balaban J connectivity index is 8.38. The van der Waals surface area contributed by atoms with Gasteiger partial charge in [0.15, 0.2) is 0 Å². The summed E-state index contributed by atoms with van der Waals surface area (Å²) in [6.45, 7) is 0. The number of hydrogen-bond donors (Lipinski definition) is 0. The molecule has 0 rings (SSSR count). The lowest BCUT2D eigenvalue weighted by Gasteiger charge is -2.53. The predicted molar refractivity (Wildman–Crippen MR) is 51.8 cm³/mol. The van der Waals surface area contributed by atoms with Crippen molar-refractivity contribution in [3.63, 3.8) is 0 Å². The van der Waals surface area contributed by atoms with Crippen molar-refractivity contribution in [1.29, 1.82) is 0 Å². The van der Waals surface area contributed by atoms with Crippen molar-refractivity contribution < 1.29 is 98.1 Å². The molecular formula is C10F19O3-. The SMILES string of the molecule is O=C([O-])OC(F)(F)C(F)(F)C(C(F)(F)C(F)(F)F)(C(F)(F)C(F)(F)F)C(F)(F)C(F)(F)F. The highest BCUT2D eigenvalue weighted by Gasteiger charge is 3.05. The van der Waals surface area contributed by atoms with Crippen LogP contribution in [0.25, 0.3) is 0 Å². The van der Waals surface area contributed by atoms with Gasteiger partial charge in [-0.1, -0.05) is 0 Å². The fourth-order valence-electron chi connectivity index (χ4n) is 2.21. The van der Waals surface area contributed by atoms with Gasteiger partial charge in [0.2, 0.25) is 0 Å². The van der Waals surface area contributed by atoms with Crippen molar-refractivity contribution in [2.45, 2.75) is 48.3 Å². The van der Waals surface area contributed by atoms with Crippen LogP contribution < -0.4 is 5.11 Å². The minimum atomic E-state index is -9.87. The molecule has 3 nitrogen and oxygen atoms in total. The van der Waals surface area contributed by atoms with E-state index < -0.39 is 59.9 Å². The van der Waals surface area contributed by atoms with E-state index in [2.05, 4.69) is 0 Å². The molecule has 0 heterocycles. The molecule has 0 saturated heterocycles. The fraction of sp³-hybridized carbons (Fsp3) is 0.900. The first-order chi connectivity index (χ1) is 13.4. The summed E-state index contributed by atoms with van der Waals surface area (Å²) in [5, 5.41) is 9.75. The van der Waals surface area contributed by atoms with Gasteiger partial charge in [0.05, 0.1) is 0 Å². The van der Waals surface area contributed by atoms with Gasteiger partial charge >= 0.3 is 48.3 Å². The van der Waals surface area contributed by atoms with Gasteiger partial charge in [0, 0.05) is 0 Å². The summed E-state index contributed by atoms with van der Waals surface area (Å²) in [5.41, 5.74) is -9.87. The van der Waals surface area contributed by atoms with Gasteiger partial charge in [-0.3, -0.25) is 0 Å².